The van der Waals surface area contributed by atoms with Gasteiger partial charge >= 0.3 is 6.18 Å². The molecule has 2 aromatic rings. The second kappa shape index (κ2) is 8.24. The first-order valence-electron chi connectivity index (χ1n) is 9.04. The number of ether oxygens (including phenoxy) is 1. The molecule has 1 unspecified atom stereocenters. The number of aromatic nitrogens is 2. The third kappa shape index (κ3) is 4.94. The second-order valence-corrected chi connectivity index (χ2v) is 6.97. The normalized spacial score (nSPS) is 16.7. The number of anilines is 1. The zero-order valence-corrected chi connectivity index (χ0v) is 16.0. The van der Waals surface area contributed by atoms with E-state index < -0.39 is 29.7 Å². The topological polar surface area (TPSA) is 87.3 Å². The number of halogens is 3. The summed E-state index contributed by atoms with van der Waals surface area (Å²) in [6, 6.07) is 2.83. The number of aromatic amines is 1. The van der Waals surface area contributed by atoms with Crippen molar-refractivity contribution in [2.75, 3.05) is 19.0 Å². The van der Waals surface area contributed by atoms with Crippen molar-refractivity contribution in [2.45, 2.75) is 38.6 Å². The minimum absolute atomic E-state index is 0.100. The summed E-state index contributed by atoms with van der Waals surface area (Å²) in [7, 11) is 1.49. The number of nitrogens with zero attached hydrogens (tertiary/aromatic N) is 2. The van der Waals surface area contributed by atoms with Gasteiger partial charge in [0, 0.05) is 42.7 Å². The zero-order chi connectivity index (χ0) is 21.2. The monoisotopic (exact) mass is 410 g/mol. The standard InChI is InChI=1S/C19H21F3N4O3/c1-11-13(9-23-25-11)10-26(2)18(28)12-6-14(19(20,21)22)8-15(7-12)24-17(27)16-4-3-5-29-16/h6-9,16H,3-5,10H2,1-2H3,(H,23,25)(H,24,27). The summed E-state index contributed by atoms with van der Waals surface area (Å²) in [6.45, 7) is 2.39. The third-order valence-electron chi connectivity index (χ3n) is 4.69. The molecule has 0 aliphatic carbocycles. The molecule has 0 saturated carbocycles. The minimum atomic E-state index is -4.67. The fourth-order valence-electron chi connectivity index (χ4n) is 3.08. The summed E-state index contributed by atoms with van der Waals surface area (Å²) in [4.78, 5) is 26.3. The van der Waals surface area contributed by atoms with Crippen LogP contribution in [0.5, 0.6) is 0 Å². The van der Waals surface area contributed by atoms with Gasteiger partial charge in [0.2, 0.25) is 0 Å². The molecule has 2 amide bonds. The zero-order valence-electron chi connectivity index (χ0n) is 16.0. The summed E-state index contributed by atoms with van der Waals surface area (Å²) in [5.41, 5.74) is 0.222. The van der Waals surface area contributed by atoms with Crippen LogP contribution in [0.15, 0.2) is 24.4 Å². The van der Waals surface area contributed by atoms with Crippen molar-refractivity contribution < 1.29 is 27.5 Å². The summed E-state index contributed by atoms with van der Waals surface area (Å²) in [5, 5.41) is 9.05. The Morgan fingerprint density at radius 1 is 1.34 bits per heavy atom. The molecule has 1 aliphatic heterocycles. The van der Waals surface area contributed by atoms with Crippen LogP contribution in [0.1, 0.15) is 40.0 Å². The lowest BCUT2D eigenvalue weighted by atomic mass is 10.1. The Hall–Kier alpha value is -2.88. The van der Waals surface area contributed by atoms with Crippen LogP contribution in [-0.2, 0) is 22.3 Å². The number of alkyl halides is 3. The van der Waals surface area contributed by atoms with Gasteiger partial charge in [0.05, 0.1) is 11.8 Å². The highest BCUT2D eigenvalue weighted by atomic mass is 19.4. The van der Waals surface area contributed by atoms with E-state index in [9.17, 15) is 22.8 Å². The largest absolute Gasteiger partial charge is 0.416 e. The molecule has 1 atom stereocenters. The van der Waals surface area contributed by atoms with Gasteiger partial charge in [0.25, 0.3) is 11.8 Å². The van der Waals surface area contributed by atoms with E-state index >= 15 is 0 Å². The van der Waals surface area contributed by atoms with Gasteiger partial charge < -0.3 is 15.0 Å². The summed E-state index contributed by atoms with van der Waals surface area (Å²) in [6.07, 6.45) is -2.60. The van der Waals surface area contributed by atoms with E-state index in [0.29, 0.717) is 19.4 Å². The van der Waals surface area contributed by atoms with E-state index in [1.54, 1.807) is 13.1 Å². The Balaban J connectivity index is 1.85. The number of carbonyl (C=O) groups is 2. The van der Waals surface area contributed by atoms with Crippen LogP contribution < -0.4 is 5.32 Å². The van der Waals surface area contributed by atoms with E-state index in [0.717, 1.165) is 23.4 Å². The van der Waals surface area contributed by atoms with E-state index in [-0.39, 0.29) is 17.8 Å². The molecule has 1 aliphatic rings. The van der Waals surface area contributed by atoms with Crippen LogP contribution in [0.4, 0.5) is 18.9 Å². The van der Waals surface area contributed by atoms with Gasteiger partial charge in [-0.05, 0) is 38.0 Å². The maximum absolute atomic E-state index is 13.3. The first kappa shape index (κ1) is 20.8. The van der Waals surface area contributed by atoms with Crippen LogP contribution in [0.3, 0.4) is 0 Å². The molecule has 1 aromatic carbocycles. The lowest BCUT2D eigenvalue weighted by Gasteiger charge is -2.19. The number of hydrogen-bond donors (Lipinski definition) is 2. The molecule has 2 heterocycles. The molecule has 2 N–H and O–H groups in total. The van der Waals surface area contributed by atoms with Crippen LogP contribution in [0.25, 0.3) is 0 Å². The predicted molar refractivity (Wildman–Crippen MR) is 98.2 cm³/mol. The fourth-order valence-corrected chi connectivity index (χ4v) is 3.08. The van der Waals surface area contributed by atoms with Crippen LogP contribution in [0.2, 0.25) is 0 Å². The van der Waals surface area contributed by atoms with Crippen molar-refractivity contribution in [2.24, 2.45) is 0 Å². The fraction of sp³-hybridized carbons (Fsp3) is 0.421. The quantitative estimate of drug-likeness (QED) is 0.793. The molecular formula is C19H21F3N4O3. The number of amides is 2. The lowest BCUT2D eigenvalue weighted by molar-refractivity contribution is -0.137. The second-order valence-electron chi connectivity index (χ2n) is 6.97. The van der Waals surface area contributed by atoms with Crippen LogP contribution in [-0.4, -0.2) is 46.7 Å². The first-order valence-corrected chi connectivity index (χ1v) is 9.04. The van der Waals surface area contributed by atoms with Gasteiger partial charge in [0.15, 0.2) is 0 Å². The molecule has 7 nitrogen and oxygen atoms in total. The SMILES string of the molecule is Cc1[nH]ncc1CN(C)C(=O)c1cc(NC(=O)C2CCCO2)cc(C(F)(F)F)c1. The molecule has 1 saturated heterocycles. The first-order chi connectivity index (χ1) is 13.6. The van der Waals surface area contributed by atoms with Gasteiger partial charge in [-0.25, -0.2) is 0 Å². The van der Waals surface area contributed by atoms with Crippen molar-refractivity contribution in [3.05, 3.63) is 46.8 Å². The smallest absolute Gasteiger partial charge is 0.368 e. The minimum Gasteiger partial charge on any atom is -0.368 e. The van der Waals surface area contributed by atoms with E-state index in [1.165, 1.54) is 18.0 Å². The maximum atomic E-state index is 13.3. The highest BCUT2D eigenvalue weighted by Gasteiger charge is 2.33. The highest BCUT2D eigenvalue weighted by molar-refractivity contribution is 5.98. The number of nitrogens with one attached hydrogen (secondary N) is 2. The molecule has 0 radical (unpaired) electrons. The van der Waals surface area contributed by atoms with Gasteiger partial charge in [-0.3, -0.25) is 14.7 Å². The van der Waals surface area contributed by atoms with Crippen molar-refractivity contribution in [1.82, 2.24) is 15.1 Å². The molecular weight excluding hydrogens is 389 g/mol. The molecule has 0 spiro atoms. The molecule has 1 aromatic heterocycles. The molecule has 0 bridgehead atoms. The van der Waals surface area contributed by atoms with Crippen LogP contribution >= 0.6 is 0 Å². The Bertz CT molecular complexity index is 904. The van der Waals surface area contributed by atoms with Crippen molar-refractivity contribution >= 4 is 17.5 Å². The number of hydrogen-bond acceptors (Lipinski definition) is 4. The van der Waals surface area contributed by atoms with Crippen molar-refractivity contribution in [3.63, 3.8) is 0 Å². The molecule has 1 fully saturated rings. The third-order valence-corrected chi connectivity index (χ3v) is 4.69. The number of benzene rings is 1. The Labute approximate surface area is 165 Å². The van der Waals surface area contributed by atoms with Gasteiger partial charge in [0.1, 0.15) is 6.10 Å². The Morgan fingerprint density at radius 2 is 2.10 bits per heavy atom. The van der Waals surface area contributed by atoms with E-state index in [2.05, 4.69) is 15.5 Å². The number of carbonyl (C=O) groups excluding carboxylic acids is 2. The summed E-state index contributed by atoms with van der Waals surface area (Å²) >= 11 is 0. The summed E-state index contributed by atoms with van der Waals surface area (Å²) in [5.74, 6) is -1.13. The van der Waals surface area contributed by atoms with Crippen molar-refractivity contribution in [1.29, 1.82) is 0 Å². The predicted octanol–water partition coefficient (Wildman–Crippen LogP) is 3.13. The maximum Gasteiger partial charge on any atom is 0.416 e. The molecule has 10 heteroatoms. The average Bonchev–Trinajstić information content (AvgIpc) is 3.32. The molecule has 29 heavy (non-hydrogen) atoms. The molecule has 156 valence electrons. The Kier molecular flexibility index (Phi) is 5.92. The van der Waals surface area contributed by atoms with Gasteiger partial charge in [-0.2, -0.15) is 18.3 Å². The van der Waals surface area contributed by atoms with Gasteiger partial charge in [-0.15, -0.1) is 0 Å². The molecule has 3 rings (SSSR count). The number of H-pyrrole nitrogens is 1. The van der Waals surface area contributed by atoms with Crippen LogP contribution in [0, 0.1) is 6.92 Å². The number of aryl methyl sites for hydroxylation is 1. The Morgan fingerprint density at radius 3 is 2.69 bits per heavy atom. The average molecular weight is 410 g/mol. The van der Waals surface area contributed by atoms with E-state index in [1.807, 2.05) is 0 Å². The number of rotatable bonds is 5. The van der Waals surface area contributed by atoms with Crippen molar-refractivity contribution in [3.8, 4) is 0 Å². The summed E-state index contributed by atoms with van der Waals surface area (Å²) < 4.78 is 45.3. The highest BCUT2D eigenvalue weighted by Crippen LogP contribution is 2.32. The lowest BCUT2D eigenvalue weighted by Crippen LogP contribution is -2.28. The van der Waals surface area contributed by atoms with E-state index in [4.69, 9.17) is 4.74 Å². The van der Waals surface area contributed by atoms with Gasteiger partial charge in [-0.1, -0.05) is 0 Å².